The number of phenolic OH excluding ortho intramolecular Hbond substituents is 1. The van der Waals surface area contributed by atoms with E-state index in [4.69, 9.17) is 26.3 Å². The van der Waals surface area contributed by atoms with E-state index in [0.717, 1.165) is 0 Å². The predicted octanol–water partition coefficient (Wildman–Crippen LogP) is 2.11. The first kappa shape index (κ1) is 17.8. The molecule has 2 N–H and O–H groups in total. The Kier molecular flexibility index (Phi) is 7.23. The molecule has 0 unspecified atom stereocenters. The summed E-state index contributed by atoms with van der Waals surface area (Å²) in [7, 11) is 2.96. The third-order valence-corrected chi connectivity index (χ3v) is 3.05. The van der Waals surface area contributed by atoms with Crippen molar-refractivity contribution in [1.29, 1.82) is 5.26 Å². The summed E-state index contributed by atoms with van der Waals surface area (Å²) in [6, 6.07) is 4.76. The van der Waals surface area contributed by atoms with E-state index >= 15 is 0 Å². The number of carbonyl (C=O) groups is 1. The molecule has 0 heterocycles. The maximum atomic E-state index is 11.9. The van der Waals surface area contributed by atoms with Crippen LogP contribution in [0.4, 0.5) is 0 Å². The van der Waals surface area contributed by atoms with Crippen LogP contribution in [0.3, 0.4) is 0 Å². The van der Waals surface area contributed by atoms with Gasteiger partial charge in [0.15, 0.2) is 11.5 Å². The van der Waals surface area contributed by atoms with E-state index in [1.807, 2.05) is 6.07 Å². The second kappa shape index (κ2) is 8.93. The Bertz CT molecular complexity index is 608. The lowest BCUT2D eigenvalue weighted by molar-refractivity contribution is -0.117. The summed E-state index contributed by atoms with van der Waals surface area (Å²) in [5.41, 5.74) is 0.407. The lowest BCUT2D eigenvalue weighted by atomic mass is 10.1. The van der Waals surface area contributed by atoms with Crippen molar-refractivity contribution in [3.8, 4) is 17.6 Å². The van der Waals surface area contributed by atoms with E-state index in [2.05, 4.69) is 5.32 Å². The van der Waals surface area contributed by atoms with Gasteiger partial charge in [-0.25, -0.2) is 0 Å². The number of hydrogen-bond acceptors (Lipinski definition) is 5. The van der Waals surface area contributed by atoms with Crippen molar-refractivity contribution in [3.63, 3.8) is 0 Å². The van der Waals surface area contributed by atoms with Crippen LogP contribution in [0.5, 0.6) is 11.5 Å². The van der Waals surface area contributed by atoms with Crippen molar-refractivity contribution < 1.29 is 19.4 Å². The van der Waals surface area contributed by atoms with Gasteiger partial charge >= 0.3 is 0 Å². The highest BCUT2D eigenvalue weighted by molar-refractivity contribution is 6.32. The summed E-state index contributed by atoms with van der Waals surface area (Å²) in [4.78, 5) is 11.9. The van der Waals surface area contributed by atoms with Gasteiger partial charge in [-0.2, -0.15) is 5.26 Å². The summed E-state index contributed by atoms with van der Waals surface area (Å²) in [6.07, 6.45) is 2.03. The van der Waals surface area contributed by atoms with Gasteiger partial charge in [0, 0.05) is 20.3 Å². The average Bonchev–Trinajstić information content (AvgIpc) is 2.52. The first-order valence-corrected chi connectivity index (χ1v) is 6.86. The number of carbonyl (C=O) groups excluding carboxylic acids is 1. The van der Waals surface area contributed by atoms with Gasteiger partial charge in [-0.05, 0) is 30.2 Å². The summed E-state index contributed by atoms with van der Waals surface area (Å²) in [5.74, 6) is -0.512. The zero-order valence-electron chi connectivity index (χ0n) is 12.4. The summed E-state index contributed by atoms with van der Waals surface area (Å²) >= 11 is 5.87. The van der Waals surface area contributed by atoms with Crippen LogP contribution in [0.2, 0.25) is 5.02 Å². The van der Waals surface area contributed by atoms with E-state index in [0.29, 0.717) is 25.1 Å². The molecule has 22 heavy (non-hydrogen) atoms. The molecular weight excluding hydrogens is 308 g/mol. The fraction of sp³-hybridized carbons (Fsp3) is 0.333. The van der Waals surface area contributed by atoms with Gasteiger partial charge in [0.25, 0.3) is 5.91 Å². The van der Waals surface area contributed by atoms with E-state index in [9.17, 15) is 9.90 Å². The summed E-state index contributed by atoms with van der Waals surface area (Å²) < 4.78 is 9.85. The zero-order valence-corrected chi connectivity index (χ0v) is 13.1. The molecule has 0 aliphatic carbocycles. The zero-order chi connectivity index (χ0) is 16.5. The van der Waals surface area contributed by atoms with Gasteiger partial charge in [0.1, 0.15) is 11.6 Å². The maximum absolute atomic E-state index is 11.9. The molecule has 1 aromatic rings. The highest BCUT2D eigenvalue weighted by Crippen LogP contribution is 2.35. The molecule has 0 fully saturated rings. The lowest BCUT2D eigenvalue weighted by Gasteiger charge is -2.07. The summed E-state index contributed by atoms with van der Waals surface area (Å²) in [5, 5.41) is 21.4. The first-order valence-electron chi connectivity index (χ1n) is 6.49. The number of methoxy groups -OCH3 is 2. The van der Waals surface area contributed by atoms with Crippen molar-refractivity contribution >= 4 is 23.6 Å². The van der Waals surface area contributed by atoms with E-state index in [-0.39, 0.29) is 22.1 Å². The molecule has 0 aliphatic rings. The maximum Gasteiger partial charge on any atom is 0.261 e. The SMILES string of the molecule is COCCCNC(=O)C(C#N)=Cc1cc(Cl)c(O)c(OC)c1. The average molecular weight is 325 g/mol. The molecule has 0 saturated carbocycles. The molecule has 0 spiro atoms. The number of rotatable bonds is 7. The van der Waals surface area contributed by atoms with Gasteiger partial charge in [-0.1, -0.05) is 11.6 Å². The fourth-order valence-electron chi connectivity index (χ4n) is 1.66. The van der Waals surface area contributed by atoms with Crippen LogP contribution in [0, 0.1) is 11.3 Å². The molecule has 0 radical (unpaired) electrons. The number of amides is 1. The minimum atomic E-state index is -0.484. The Morgan fingerprint density at radius 2 is 2.23 bits per heavy atom. The highest BCUT2D eigenvalue weighted by Gasteiger charge is 2.11. The van der Waals surface area contributed by atoms with Gasteiger partial charge in [0.05, 0.1) is 12.1 Å². The van der Waals surface area contributed by atoms with Gasteiger partial charge in [-0.15, -0.1) is 0 Å². The van der Waals surface area contributed by atoms with Gasteiger partial charge < -0.3 is 19.9 Å². The predicted molar refractivity (Wildman–Crippen MR) is 82.8 cm³/mol. The largest absolute Gasteiger partial charge is 0.503 e. The van der Waals surface area contributed by atoms with E-state index in [1.54, 1.807) is 7.11 Å². The van der Waals surface area contributed by atoms with Crippen LogP contribution in [0.25, 0.3) is 6.08 Å². The number of phenols is 1. The number of nitrogens with zero attached hydrogens (tertiary/aromatic N) is 1. The standard InChI is InChI=1S/C15H17ClN2O4/c1-21-5-3-4-18-15(20)11(9-17)6-10-7-12(16)14(19)13(8-10)22-2/h6-8,19H,3-5H2,1-2H3,(H,18,20). The molecule has 118 valence electrons. The third kappa shape index (κ3) is 4.95. The van der Waals surface area contributed by atoms with Crippen LogP contribution in [0.1, 0.15) is 12.0 Å². The number of aromatic hydroxyl groups is 1. The first-order chi connectivity index (χ1) is 10.5. The van der Waals surface area contributed by atoms with Crippen molar-refractivity contribution in [3.05, 3.63) is 28.3 Å². The summed E-state index contributed by atoms with van der Waals surface area (Å²) in [6.45, 7) is 0.933. The van der Waals surface area contributed by atoms with Crippen LogP contribution in [-0.2, 0) is 9.53 Å². The molecule has 0 atom stereocenters. The Labute approximate surface area is 133 Å². The molecule has 1 rings (SSSR count). The molecule has 0 aliphatic heterocycles. The lowest BCUT2D eigenvalue weighted by Crippen LogP contribution is -2.26. The molecular formula is C15H17ClN2O4. The van der Waals surface area contributed by atoms with Gasteiger partial charge in [0.2, 0.25) is 0 Å². The minimum absolute atomic E-state index is 0.0683. The van der Waals surface area contributed by atoms with Crippen LogP contribution in [0.15, 0.2) is 17.7 Å². The Balaban J connectivity index is 2.91. The molecule has 6 nitrogen and oxygen atoms in total. The van der Waals surface area contributed by atoms with Gasteiger partial charge in [-0.3, -0.25) is 4.79 Å². The topological polar surface area (TPSA) is 91.6 Å². The highest BCUT2D eigenvalue weighted by atomic mass is 35.5. The fourth-order valence-corrected chi connectivity index (χ4v) is 1.88. The van der Waals surface area contributed by atoms with Crippen LogP contribution < -0.4 is 10.1 Å². The number of benzene rings is 1. The number of nitriles is 1. The minimum Gasteiger partial charge on any atom is -0.503 e. The molecule has 7 heteroatoms. The van der Waals surface area contributed by atoms with Crippen LogP contribution >= 0.6 is 11.6 Å². The third-order valence-electron chi connectivity index (χ3n) is 2.76. The van der Waals surface area contributed by atoms with Crippen molar-refractivity contribution in [1.82, 2.24) is 5.32 Å². The molecule has 0 aromatic heterocycles. The number of halogens is 1. The molecule has 1 amide bonds. The number of nitrogens with one attached hydrogen (secondary N) is 1. The quantitative estimate of drug-likeness (QED) is 0.455. The molecule has 1 aromatic carbocycles. The Morgan fingerprint density at radius 3 is 2.82 bits per heavy atom. The smallest absolute Gasteiger partial charge is 0.261 e. The molecule has 0 bridgehead atoms. The second-order valence-corrected chi connectivity index (χ2v) is 4.73. The van der Waals surface area contributed by atoms with Crippen LogP contribution in [-0.4, -0.2) is 38.4 Å². The van der Waals surface area contributed by atoms with Crippen molar-refractivity contribution in [2.24, 2.45) is 0 Å². The monoisotopic (exact) mass is 324 g/mol. The van der Waals surface area contributed by atoms with Crippen molar-refractivity contribution in [2.75, 3.05) is 27.4 Å². The normalized spacial score (nSPS) is 10.9. The second-order valence-electron chi connectivity index (χ2n) is 4.33. The number of ether oxygens (including phenoxy) is 2. The van der Waals surface area contributed by atoms with E-state index in [1.165, 1.54) is 25.3 Å². The Morgan fingerprint density at radius 1 is 1.50 bits per heavy atom. The van der Waals surface area contributed by atoms with E-state index < -0.39 is 5.91 Å². The number of hydrogen-bond donors (Lipinski definition) is 2. The molecule has 0 saturated heterocycles. The Hall–Kier alpha value is -2.23. The van der Waals surface area contributed by atoms with Crippen molar-refractivity contribution in [2.45, 2.75) is 6.42 Å².